The molecule has 4 rings (SSSR count). The molecule has 120 valence electrons. The first kappa shape index (κ1) is 15.0. The number of nitrogens with zero attached hydrogens (tertiary/aromatic N) is 3. The molecule has 0 aliphatic rings. The van der Waals surface area contributed by atoms with Gasteiger partial charge in [-0.2, -0.15) is 0 Å². The molecule has 2 aromatic heterocycles. The Morgan fingerprint density at radius 1 is 1.00 bits per heavy atom. The number of fused-ring (bicyclic) bond motifs is 1. The number of methoxy groups -OCH3 is 1. The van der Waals surface area contributed by atoms with Crippen LogP contribution in [0.25, 0.3) is 28.3 Å². The van der Waals surface area contributed by atoms with Gasteiger partial charge in [-0.15, -0.1) is 0 Å². The van der Waals surface area contributed by atoms with E-state index in [1.54, 1.807) is 7.11 Å². The summed E-state index contributed by atoms with van der Waals surface area (Å²) in [5, 5.41) is 0. The highest BCUT2D eigenvalue weighted by Gasteiger charge is 2.13. The smallest absolute Gasteiger partial charge is 0.214 e. The molecular weight excluding hydrogens is 366 g/mol. The molecule has 0 spiro atoms. The summed E-state index contributed by atoms with van der Waals surface area (Å²) in [4.78, 5) is 4.79. The number of aryl methyl sites for hydroxylation is 1. The minimum Gasteiger partial charge on any atom is -0.497 e. The Balaban J connectivity index is 1.80. The molecule has 0 N–H and O–H groups in total. The van der Waals surface area contributed by atoms with Crippen molar-refractivity contribution in [2.45, 2.75) is 0 Å². The van der Waals surface area contributed by atoms with Crippen molar-refractivity contribution in [2.24, 2.45) is 7.05 Å². The molecule has 0 aliphatic carbocycles. The van der Waals surface area contributed by atoms with E-state index < -0.39 is 0 Å². The normalized spacial score (nSPS) is 11.1. The Morgan fingerprint density at radius 3 is 2.54 bits per heavy atom. The lowest BCUT2D eigenvalue weighted by Crippen LogP contribution is -1.92. The highest BCUT2D eigenvalue weighted by Crippen LogP contribution is 2.28. The highest BCUT2D eigenvalue weighted by molar-refractivity contribution is 9.10. The van der Waals surface area contributed by atoms with Crippen LogP contribution in [-0.2, 0) is 7.05 Å². The van der Waals surface area contributed by atoms with Crippen LogP contribution in [0, 0.1) is 0 Å². The molecule has 0 saturated carbocycles. The molecule has 0 amide bonds. The second-order valence-corrected chi connectivity index (χ2v) is 6.56. The molecule has 0 bridgehead atoms. The number of imidazole rings is 2. The van der Waals surface area contributed by atoms with Crippen molar-refractivity contribution in [3.63, 3.8) is 0 Å². The van der Waals surface area contributed by atoms with Gasteiger partial charge in [0.25, 0.3) is 0 Å². The van der Waals surface area contributed by atoms with Gasteiger partial charge in [0, 0.05) is 35.0 Å². The van der Waals surface area contributed by atoms with Crippen LogP contribution in [0.1, 0.15) is 0 Å². The van der Waals surface area contributed by atoms with Crippen LogP contribution in [0.5, 0.6) is 5.75 Å². The Labute approximate surface area is 148 Å². The Bertz CT molecular complexity index is 1030. The second-order valence-electron chi connectivity index (χ2n) is 5.65. The first-order valence-corrected chi connectivity index (χ1v) is 8.40. The van der Waals surface area contributed by atoms with Crippen molar-refractivity contribution in [1.82, 2.24) is 14.0 Å². The Kier molecular flexibility index (Phi) is 3.65. The van der Waals surface area contributed by atoms with Gasteiger partial charge >= 0.3 is 0 Å². The Hall–Kier alpha value is -2.53. The van der Waals surface area contributed by atoms with Gasteiger partial charge in [-0.1, -0.05) is 40.2 Å². The standard InChI is InChI=1S/C19H16BrN3O/c1-22-18(14-6-3-7-15(20)9-14)12-23-11-17(21-19(22)23)13-5-4-8-16(10-13)24-2/h3-12H,1-2H3. The zero-order chi connectivity index (χ0) is 16.7. The van der Waals surface area contributed by atoms with E-state index in [0.29, 0.717) is 0 Å². The lowest BCUT2D eigenvalue weighted by Gasteiger charge is -2.04. The van der Waals surface area contributed by atoms with E-state index in [0.717, 1.165) is 38.5 Å². The lowest BCUT2D eigenvalue weighted by atomic mass is 10.1. The number of hydrogen-bond donors (Lipinski definition) is 0. The van der Waals surface area contributed by atoms with Gasteiger partial charge in [0.15, 0.2) is 0 Å². The fraction of sp³-hybridized carbons (Fsp3) is 0.105. The molecule has 5 heteroatoms. The van der Waals surface area contributed by atoms with E-state index in [1.165, 1.54) is 0 Å². The molecule has 4 nitrogen and oxygen atoms in total. The zero-order valence-electron chi connectivity index (χ0n) is 13.4. The van der Waals surface area contributed by atoms with E-state index in [1.807, 2.05) is 49.6 Å². The van der Waals surface area contributed by atoms with Gasteiger partial charge in [-0.25, -0.2) is 4.98 Å². The number of halogens is 1. The topological polar surface area (TPSA) is 31.5 Å². The third kappa shape index (κ3) is 2.51. The van der Waals surface area contributed by atoms with E-state index in [4.69, 9.17) is 9.72 Å². The molecule has 0 fully saturated rings. The molecule has 0 atom stereocenters. The molecule has 2 heterocycles. The molecule has 24 heavy (non-hydrogen) atoms. The molecule has 2 aromatic carbocycles. The van der Waals surface area contributed by atoms with E-state index in [-0.39, 0.29) is 0 Å². The summed E-state index contributed by atoms with van der Waals surface area (Å²) >= 11 is 3.53. The summed E-state index contributed by atoms with van der Waals surface area (Å²) in [6.45, 7) is 0. The molecule has 0 aliphatic heterocycles. The van der Waals surface area contributed by atoms with Gasteiger partial charge in [0.2, 0.25) is 5.78 Å². The van der Waals surface area contributed by atoms with Crippen molar-refractivity contribution in [2.75, 3.05) is 7.11 Å². The maximum absolute atomic E-state index is 5.30. The molecule has 0 unspecified atom stereocenters. The fourth-order valence-corrected chi connectivity index (χ4v) is 3.29. The summed E-state index contributed by atoms with van der Waals surface area (Å²) in [6, 6.07) is 16.2. The van der Waals surface area contributed by atoms with Gasteiger partial charge in [-0.05, 0) is 24.3 Å². The van der Waals surface area contributed by atoms with Crippen molar-refractivity contribution in [3.8, 4) is 28.3 Å². The largest absolute Gasteiger partial charge is 0.497 e. The number of rotatable bonds is 3. The molecule has 0 radical (unpaired) electrons. The van der Waals surface area contributed by atoms with Gasteiger partial charge in [0.05, 0.1) is 18.5 Å². The molecule has 0 saturated heterocycles. The van der Waals surface area contributed by atoms with E-state index in [9.17, 15) is 0 Å². The molecule has 4 aromatic rings. The van der Waals surface area contributed by atoms with Crippen LogP contribution >= 0.6 is 15.9 Å². The number of benzene rings is 2. The third-order valence-electron chi connectivity index (χ3n) is 4.12. The number of ether oxygens (including phenoxy) is 1. The van der Waals surface area contributed by atoms with Crippen LogP contribution in [0.2, 0.25) is 0 Å². The summed E-state index contributed by atoms with van der Waals surface area (Å²) in [6.07, 6.45) is 4.15. The van der Waals surface area contributed by atoms with Crippen molar-refractivity contribution >= 4 is 21.7 Å². The van der Waals surface area contributed by atoms with Gasteiger partial charge in [0.1, 0.15) is 5.75 Å². The second kappa shape index (κ2) is 5.83. The van der Waals surface area contributed by atoms with Crippen molar-refractivity contribution in [3.05, 3.63) is 65.4 Å². The quantitative estimate of drug-likeness (QED) is 0.511. The fourth-order valence-electron chi connectivity index (χ4n) is 2.89. The maximum Gasteiger partial charge on any atom is 0.214 e. The van der Waals surface area contributed by atoms with E-state index >= 15 is 0 Å². The first-order chi connectivity index (χ1) is 11.7. The molecular formula is C19H16BrN3O. The van der Waals surface area contributed by atoms with E-state index in [2.05, 4.69) is 43.2 Å². The predicted octanol–water partition coefficient (Wildman–Crippen LogP) is 4.78. The van der Waals surface area contributed by atoms with Crippen molar-refractivity contribution in [1.29, 1.82) is 0 Å². The summed E-state index contributed by atoms with van der Waals surface area (Å²) in [5.41, 5.74) is 4.25. The Morgan fingerprint density at radius 2 is 1.79 bits per heavy atom. The van der Waals surface area contributed by atoms with Crippen LogP contribution in [0.15, 0.2) is 65.4 Å². The summed E-state index contributed by atoms with van der Waals surface area (Å²) in [7, 11) is 3.71. The van der Waals surface area contributed by atoms with Crippen LogP contribution in [0.4, 0.5) is 0 Å². The van der Waals surface area contributed by atoms with Crippen LogP contribution in [-0.4, -0.2) is 21.1 Å². The first-order valence-electron chi connectivity index (χ1n) is 7.60. The minimum absolute atomic E-state index is 0.833. The predicted molar refractivity (Wildman–Crippen MR) is 99.3 cm³/mol. The summed E-state index contributed by atoms with van der Waals surface area (Å²) in [5.74, 6) is 1.74. The maximum atomic E-state index is 5.30. The third-order valence-corrected chi connectivity index (χ3v) is 4.61. The summed E-state index contributed by atoms with van der Waals surface area (Å²) < 4.78 is 10.5. The van der Waals surface area contributed by atoms with Gasteiger partial charge < -0.3 is 9.30 Å². The minimum atomic E-state index is 0.833. The number of aromatic nitrogens is 3. The van der Waals surface area contributed by atoms with Crippen molar-refractivity contribution < 1.29 is 4.74 Å². The highest BCUT2D eigenvalue weighted by atomic mass is 79.9. The van der Waals surface area contributed by atoms with Gasteiger partial charge in [-0.3, -0.25) is 4.40 Å². The monoisotopic (exact) mass is 381 g/mol. The van der Waals surface area contributed by atoms with Crippen LogP contribution < -0.4 is 4.74 Å². The zero-order valence-corrected chi connectivity index (χ0v) is 15.0. The van der Waals surface area contributed by atoms with Crippen LogP contribution in [0.3, 0.4) is 0 Å². The average Bonchev–Trinajstić information content (AvgIpc) is 3.15. The number of hydrogen-bond acceptors (Lipinski definition) is 2. The average molecular weight is 382 g/mol. The SMILES string of the molecule is COc1cccc(-c2cn3cc(-c4cccc(Br)c4)n(C)c3n2)c1. The lowest BCUT2D eigenvalue weighted by molar-refractivity contribution is 0.415.